The van der Waals surface area contributed by atoms with Crippen LogP contribution in [0.1, 0.15) is 0 Å². The largest absolute Gasteiger partial charge is 0.438 e. The Morgan fingerprint density at radius 3 is 2.72 bits per heavy atom. The molecular weight excluding hydrogens is 364 g/mol. The molecular formula is C22H18N6O. The summed E-state index contributed by atoms with van der Waals surface area (Å²) in [7, 11) is 1.97. The van der Waals surface area contributed by atoms with Gasteiger partial charge in [0.1, 0.15) is 5.75 Å². The van der Waals surface area contributed by atoms with E-state index < -0.39 is 0 Å². The molecule has 142 valence electrons. The third-order valence-corrected chi connectivity index (χ3v) is 4.74. The predicted octanol–water partition coefficient (Wildman–Crippen LogP) is 4.63. The van der Waals surface area contributed by atoms with Gasteiger partial charge >= 0.3 is 0 Å². The van der Waals surface area contributed by atoms with Gasteiger partial charge in [0, 0.05) is 41.5 Å². The quantitative estimate of drug-likeness (QED) is 0.440. The molecule has 2 aromatic heterocycles. The van der Waals surface area contributed by atoms with E-state index in [1.807, 2.05) is 66.2 Å². The summed E-state index contributed by atoms with van der Waals surface area (Å²) in [6.07, 6.45) is 3.44. The van der Waals surface area contributed by atoms with Crippen molar-refractivity contribution in [2.24, 2.45) is 7.05 Å². The SMILES string of the molecule is Cn1cnc2cc(Nc3nccc(Oc4ccc(N)c5ccccc45)n3)ccc21. The lowest BCUT2D eigenvalue weighted by atomic mass is 10.1. The molecule has 0 aliphatic heterocycles. The van der Waals surface area contributed by atoms with Crippen LogP contribution in [0.15, 0.2) is 73.2 Å². The number of ether oxygens (including phenoxy) is 1. The minimum atomic E-state index is 0.441. The van der Waals surface area contributed by atoms with Crippen molar-refractivity contribution in [3.8, 4) is 11.6 Å². The number of rotatable bonds is 4. The second kappa shape index (κ2) is 6.79. The number of hydrogen-bond acceptors (Lipinski definition) is 6. The molecule has 0 radical (unpaired) electrons. The normalized spacial score (nSPS) is 11.1. The lowest BCUT2D eigenvalue weighted by Gasteiger charge is -2.11. The Hall–Kier alpha value is -4.13. The number of nitrogens with one attached hydrogen (secondary N) is 1. The third kappa shape index (κ3) is 3.19. The molecule has 5 aromatic rings. The highest BCUT2D eigenvalue weighted by Crippen LogP contribution is 2.32. The van der Waals surface area contributed by atoms with E-state index in [9.17, 15) is 0 Å². The van der Waals surface area contributed by atoms with Gasteiger partial charge in [-0.05, 0) is 30.3 Å². The Balaban J connectivity index is 1.43. The van der Waals surface area contributed by atoms with Crippen LogP contribution < -0.4 is 15.8 Å². The minimum Gasteiger partial charge on any atom is -0.438 e. The first-order valence-electron chi connectivity index (χ1n) is 9.13. The fourth-order valence-corrected chi connectivity index (χ4v) is 3.30. The average molecular weight is 382 g/mol. The highest BCUT2D eigenvalue weighted by atomic mass is 16.5. The van der Waals surface area contributed by atoms with Gasteiger partial charge in [-0.1, -0.05) is 24.3 Å². The topological polar surface area (TPSA) is 90.9 Å². The highest BCUT2D eigenvalue weighted by Gasteiger charge is 2.08. The van der Waals surface area contributed by atoms with E-state index in [0.717, 1.165) is 27.5 Å². The van der Waals surface area contributed by atoms with Crippen LogP contribution in [0.4, 0.5) is 17.3 Å². The molecule has 3 aromatic carbocycles. The first kappa shape index (κ1) is 17.0. The summed E-state index contributed by atoms with van der Waals surface area (Å²) >= 11 is 0. The lowest BCUT2D eigenvalue weighted by Crippen LogP contribution is -1.99. The van der Waals surface area contributed by atoms with Crippen LogP contribution in [-0.4, -0.2) is 19.5 Å². The smallest absolute Gasteiger partial charge is 0.230 e. The molecule has 7 heteroatoms. The van der Waals surface area contributed by atoms with Crippen molar-refractivity contribution >= 4 is 39.1 Å². The number of anilines is 3. The van der Waals surface area contributed by atoms with Gasteiger partial charge in [0.25, 0.3) is 0 Å². The van der Waals surface area contributed by atoms with Crippen molar-refractivity contribution in [1.29, 1.82) is 0 Å². The number of aromatic nitrogens is 4. The molecule has 0 aliphatic rings. The van der Waals surface area contributed by atoms with Crippen molar-refractivity contribution in [2.75, 3.05) is 11.1 Å². The lowest BCUT2D eigenvalue weighted by molar-refractivity contribution is 0.468. The fourth-order valence-electron chi connectivity index (χ4n) is 3.30. The first-order valence-corrected chi connectivity index (χ1v) is 9.13. The second-order valence-electron chi connectivity index (χ2n) is 6.70. The van der Waals surface area contributed by atoms with Gasteiger partial charge in [0.15, 0.2) is 0 Å². The number of hydrogen-bond donors (Lipinski definition) is 2. The number of nitrogen functional groups attached to an aromatic ring is 1. The number of aryl methyl sites for hydroxylation is 1. The van der Waals surface area contributed by atoms with Crippen molar-refractivity contribution in [3.63, 3.8) is 0 Å². The Morgan fingerprint density at radius 1 is 0.966 bits per heavy atom. The maximum absolute atomic E-state index is 6.07. The molecule has 0 aliphatic carbocycles. The number of nitrogens with zero attached hydrogens (tertiary/aromatic N) is 4. The summed E-state index contributed by atoms with van der Waals surface area (Å²) in [4.78, 5) is 13.1. The molecule has 29 heavy (non-hydrogen) atoms. The van der Waals surface area contributed by atoms with Crippen molar-refractivity contribution in [1.82, 2.24) is 19.5 Å². The zero-order valence-corrected chi connectivity index (χ0v) is 15.7. The molecule has 7 nitrogen and oxygen atoms in total. The van der Waals surface area contributed by atoms with Crippen molar-refractivity contribution in [3.05, 3.63) is 73.2 Å². The van der Waals surface area contributed by atoms with E-state index in [2.05, 4.69) is 20.3 Å². The molecule has 0 bridgehead atoms. The van der Waals surface area contributed by atoms with Crippen LogP contribution in [-0.2, 0) is 7.05 Å². The van der Waals surface area contributed by atoms with E-state index in [-0.39, 0.29) is 0 Å². The Morgan fingerprint density at radius 2 is 1.83 bits per heavy atom. The number of fused-ring (bicyclic) bond motifs is 2. The van der Waals surface area contributed by atoms with Gasteiger partial charge in [-0.2, -0.15) is 4.98 Å². The van der Waals surface area contributed by atoms with Gasteiger partial charge in [0.05, 0.1) is 17.4 Å². The molecule has 0 atom stereocenters. The van der Waals surface area contributed by atoms with Crippen LogP contribution in [0, 0.1) is 0 Å². The second-order valence-corrected chi connectivity index (χ2v) is 6.70. The van der Waals surface area contributed by atoms with E-state index in [0.29, 0.717) is 23.3 Å². The molecule has 0 amide bonds. The Bertz CT molecular complexity index is 1340. The van der Waals surface area contributed by atoms with Crippen LogP contribution >= 0.6 is 0 Å². The van der Waals surface area contributed by atoms with E-state index in [1.165, 1.54) is 0 Å². The van der Waals surface area contributed by atoms with E-state index in [4.69, 9.17) is 10.5 Å². The van der Waals surface area contributed by atoms with Gasteiger partial charge in [-0.3, -0.25) is 0 Å². The summed E-state index contributed by atoms with van der Waals surface area (Å²) in [5.74, 6) is 1.57. The Labute approximate surface area is 166 Å². The number of imidazole rings is 1. The maximum atomic E-state index is 6.07. The van der Waals surface area contributed by atoms with Crippen molar-refractivity contribution < 1.29 is 4.74 Å². The molecule has 0 unspecified atom stereocenters. The molecule has 0 spiro atoms. The summed E-state index contributed by atoms with van der Waals surface area (Å²) in [6.45, 7) is 0. The van der Waals surface area contributed by atoms with Gasteiger partial charge in [-0.25, -0.2) is 9.97 Å². The Kier molecular flexibility index (Phi) is 3.98. The average Bonchev–Trinajstić information content (AvgIpc) is 3.11. The summed E-state index contributed by atoms with van der Waals surface area (Å²) < 4.78 is 8.01. The van der Waals surface area contributed by atoms with Gasteiger partial charge < -0.3 is 20.4 Å². The molecule has 0 saturated heterocycles. The molecule has 5 rings (SSSR count). The molecule has 0 fully saturated rings. The van der Waals surface area contributed by atoms with Crippen LogP contribution in [0.2, 0.25) is 0 Å². The minimum absolute atomic E-state index is 0.441. The first-order chi connectivity index (χ1) is 14.2. The van der Waals surface area contributed by atoms with Crippen LogP contribution in [0.5, 0.6) is 11.6 Å². The fraction of sp³-hybridized carbons (Fsp3) is 0.0455. The standard InChI is InChI=1S/C22H18N6O/c1-28-13-25-18-12-14(6-8-19(18)28)26-22-24-11-10-21(27-22)29-20-9-7-17(23)15-4-2-3-5-16(15)20/h2-13H,23H2,1H3,(H,24,26,27). The molecule has 2 heterocycles. The molecule has 0 saturated carbocycles. The number of benzene rings is 3. The summed E-state index contributed by atoms with van der Waals surface area (Å²) in [5.41, 5.74) is 9.60. The van der Waals surface area contributed by atoms with Crippen LogP contribution in [0.25, 0.3) is 21.8 Å². The summed E-state index contributed by atoms with van der Waals surface area (Å²) in [5, 5.41) is 5.08. The number of nitrogens with two attached hydrogens (primary N) is 1. The van der Waals surface area contributed by atoms with Crippen molar-refractivity contribution in [2.45, 2.75) is 0 Å². The van der Waals surface area contributed by atoms with Crippen LogP contribution in [0.3, 0.4) is 0 Å². The van der Waals surface area contributed by atoms with E-state index in [1.54, 1.807) is 18.6 Å². The predicted molar refractivity (Wildman–Crippen MR) is 114 cm³/mol. The maximum Gasteiger partial charge on any atom is 0.230 e. The highest BCUT2D eigenvalue weighted by molar-refractivity contribution is 5.97. The van der Waals surface area contributed by atoms with Gasteiger partial charge in [0.2, 0.25) is 11.8 Å². The zero-order chi connectivity index (χ0) is 19.8. The zero-order valence-electron chi connectivity index (χ0n) is 15.7. The van der Waals surface area contributed by atoms with Gasteiger partial charge in [-0.15, -0.1) is 0 Å². The third-order valence-electron chi connectivity index (χ3n) is 4.74. The monoisotopic (exact) mass is 382 g/mol. The summed E-state index contributed by atoms with van der Waals surface area (Å²) in [6, 6.07) is 19.2. The van der Waals surface area contributed by atoms with E-state index >= 15 is 0 Å². The molecule has 3 N–H and O–H groups in total.